The lowest BCUT2D eigenvalue weighted by Gasteiger charge is -2.11. The normalized spacial score (nSPS) is 12.4. The lowest BCUT2D eigenvalue weighted by molar-refractivity contribution is 0.0696. The molecular weight excluding hydrogens is 198 g/mol. The number of amides is 1. The molecule has 0 fully saturated rings. The summed E-state index contributed by atoms with van der Waals surface area (Å²) < 4.78 is 5.30. The number of thiophene rings is 1. The molecule has 0 radical (unpaired) electrons. The van der Waals surface area contributed by atoms with E-state index >= 15 is 0 Å². The first-order valence-corrected chi connectivity index (χ1v) is 5.55. The summed E-state index contributed by atoms with van der Waals surface area (Å²) in [6, 6.07) is 3.68. The average Bonchev–Trinajstić information content (AvgIpc) is 2.67. The van der Waals surface area contributed by atoms with Gasteiger partial charge in [-0.1, -0.05) is 6.07 Å². The van der Waals surface area contributed by atoms with Gasteiger partial charge in [-0.15, -0.1) is 11.3 Å². The van der Waals surface area contributed by atoms with Crippen molar-refractivity contribution in [2.45, 2.75) is 20.0 Å². The highest BCUT2D eigenvalue weighted by Gasteiger charge is 2.07. The fourth-order valence-electron chi connectivity index (χ4n) is 1.07. The van der Waals surface area contributed by atoms with E-state index in [0.717, 1.165) is 4.88 Å². The van der Waals surface area contributed by atoms with Gasteiger partial charge in [-0.25, -0.2) is 0 Å². The Morgan fingerprint density at radius 3 is 3.07 bits per heavy atom. The summed E-state index contributed by atoms with van der Waals surface area (Å²) in [5, 5.41) is 4.71. The predicted octanol–water partition coefficient (Wildman–Crippen LogP) is 1.90. The van der Waals surface area contributed by atoms with E-state index in [0.29, 0.717) is 13.2 Å². The Labute approximate surface area is 88.1 Å². The maximum atomic E-state index is 11.5. The maximum Gasteiger partial charge on any atom is 0.261 e. The predicted molar refractivity (Wildman–Crippen MR) is 57.7 cm³/mol. The van der Waals surface area contributed by atoms with Crippen molar-refractivity contribution in [1.29, 1.82) is 0 Å². The van der Waals surface area contributed by atoms with Gasteiger partial charge in [0, 0.05) is 13.2 Å². The maximum absolute atomic E-state index is 11.5. The molecule has 1 rings (SSSR count). The second-order valence-corrected chi connectivity index (χ2v) is 3.90. The molecule has 0 aliphatic rings. The molecule has 0 aliphatic carbocycles. The van der Waals surface area contributed by atoms with Crippen LogP contribution in [-0.4, -0.2) is 25.2 Å². The molecule has 0 saturated carbocycles. The molecule has 1 amide bonds. The average molecular weight is 213 g/mol. The molecule has 0 aromatic carbocycles. The van der Waals surface area contributed by atoms with E-state index in [1.54, 1.807) is 0 Å². The summed E-state index contributed by atoms with van der Waals surface area (Å²) in [7, 11) is 0. The number of hydrogen-bond acceptors (Lipinski definition) is 3. The van der Waals surface area contributed by atoms with Crippen LogP contribution in [0.4, 0.5) is 0 Å². The van der Waals surface area contributed by atoms with Gasteiger partial charge in [0.25, 0.3) is 5.91 Å². The lowest BCUT2D eigenvalue weighted by Crippen LogP contribution is -2.31. The number of rotatable bonds is 5. The molecule has 1 aromatic rings. The van der Waals surface area contributed by atoms with Crippen molar-refractivity contribution in [3.05, 3.63) is 22.4 Å². The molecule has 1 heterocycles. The van der Waals surface area contributed by atoms with E-state index in [1.165, 1.54) is 11.3 Å². The highest BCUT2D eigenvalue weighted by Crippen LogP contribution is 2.07. The van der Waals surface area contributed by atoms with Gasteiger partial charge in [-0.3, -0.25) is 4.79 Å². The Hall–Kier alpha value is -0.870. The topological polar surface area (TPSA) is 38.3 Å². The zero-order valence-corrected chi connectivity index (χ0v) is 9.26. The van der Waals surface area contributed by atoms with Crippen LogP contribution in [0.2, 0.25) is 0 Å². The van der Waals surface area contributed by atoms with E-state index in [-0.39, 0.29) is 12.0 Å². The van der Waals surface area contributed by atoms with Crippen molar-refractivity contribution >= 4 is 17.2 Å². The van der Waals surface area contributed by atoms with Crippen molar-refractivity contribution < 1.29 is 9.53 Å². The summed E-state index contributed by atoms with van der Waals surface area (Å²) in [6.45, 7) is 5.12. The van der Waals surface area contributed by atoms with Crippen molar-refractivity contribution in [3.8, 4) is 0 Å². The fourth-order valence-corrected chi connectivity index (χ4v) is 1.71. The second kappa shape index (κ2) is 5.78. The van der Waals surface area contributed by atoms with Crippen LogP contribution in [-0.2, 0) is 4.74 Å². The minimum Gasteiger partial charge on any atom is -0.377 e. The van der Waals surface area contributed by atoms with Crippen LogP contribution in [0, 0.1) is 0 Å². The summed E-state index contributed by atoms with van der Waals surface area (Å²) in [4.78, 5) is 12.2. The van der Waals surface area contributed by atoms with Crippen LogP contribution < -0.4 is 5.32 Å². The lowest BCUT2D eigenvalue weighted by atomic mass is 10.3. The summed E-state index contributed by atoms with van der Waals surface area (Å²) in [5.41, 5.74) is 0. The number of ether oxygens (including phenoxy) is 1. The van der Waals surface area contributed by atoms with Crippen LogP contribution in [0.1, 0.15) is 23.5 Å². The molecule has 1 N–H and O–H groups in total. The molecule has 4 heteroatoms. The fraction of sp³-hybridized carbons (Fsp3) is 0.500. The van der Waals surface area contributed by atoms with Gasteiger partial charge in [0.05, 0.1) is 11.0 Å². The molecule has 0 spiro atoms. The molecule has 78 valence electrons. The van der Waals surface area contributed by atoms with Crippen LogP contribution in [0.3, 0.4) is 0 Å². The van der Waals surface area contributed by atoms with Crippen LogP contribution in [0.5, 0.6) is 0 Å². The third-order valence-electron chi connectivity index (χ3n) is 1.75. The standard InChI is InChI=1S/C10H15NO2S/c1-3-13-8(2)7-11-10(12)9-5-4-6-14-9/h4-6,8H,3,7H2,1-2H3,(H,11,12). The van der Waals surface area contributed by atoms with Crippen LogP contribution in [0.15, 0.2) is 17.5 Å². The van der Waals surface area contributed by atoms with E-state index in [9.17, 15) is 4.79 Å². The third kappa shape index (κ3) is 3.47. The second-order valence-electron chi connectivity index (χ2n) is 2.95. The molecule has 0 bridgehead atoms. The highest BCUT2D eigenvalue weighted by atomic mass is 32.1. The Morgan fingerprint density at radius 1 is 1.71 bits per heavy atom. The number of nitrogens with one attached hydrogen (secondary N) is 1. The Balaban J connectivity index is 2.28. The van der Waals surface area contributed by atoms with Gasteiger partial charge in [0.1, 0.15) is 0 Å². The van der Waals surface area contributed by atoms with Gasteiger partial charge < -0.3 is 10.1 Å². The monoisotopic (exact) mass is 213 g/mol. The van der Waals surface area contributed by atoms with Crippen molar-refractivity contribution in [1.82, 2.24) is 5.32 Å². The summed E-state index contributed by atoms with van der Waals surface area (Å²) in [6.07, 6.45) is 0.0731. The molecule has 0 aliphatic heterocycles. The van der Waals surface area contributed by atoms with E-state index in [4.69, 9.17) is 4.74 Å². The molecule has 1 aromatic heterocycles. The first-order valence-electron chi connectivity index (χ1n) is 4.67. The van der Waals surface area contributed by atoms with E-state index in [1.807, 2.05) is 31.4 Å². The summed E-state index contributed by atoms with van der Waals surface area (Å²) in [5.74, 6) is -0.0217. The largest absolute Gasteiger partial charge is 0.377 e. The Kier molecular flexibility index (Phi) is 4.62. The van der Waals surface area contributed by atoms with Gasteiger partial charge >= 0.3 is 0 Å². The van der Waals surface area contributed by atoms with E-state index in [2.05, 4.69) is 5.32 Å². The van der Waals surface area contributed by atoms with Crippen molar-refractivity contribution in [2.24, 2.45) is 0 Å². The molecule has 1 atom stereocenters. The first-order chi connectivity index (χ1) is 6.74. The molecule has 1 unspecified atom stereocenters. The zero-order valence-electron chi connectivity index (χ0n) is 8.45. The summed E-state index contributed by atoms with van der Waals surface area (Å²) >= 11 is 1.44. The van der Waals surface area contributed by atoms with Crippen molar-refractivity contribution in [3.63, 3.8) is 0 Å². The third-order valence-corrected chi connectivity index (χ3v) is 2.61. The first kappa shape index (κ1) is 11.2. The smallest absolute Gasteiger partial charge is 0.261 e. The Morgan fingerprint density at radius 2 is 2.50 bits per heavy atom. The Bertz CT molecular complexity index is 272. The van der Waals surface area contributed by atoms with Gasteiger partial charge in [-0.05, 0) is 25.3 Å². The van der Waals surface area contributed by atoms with Gasteiger partial charge in [-0.2, -0.15) is 0 Å². The number of carbonyl (C=O) groups is 1. The number of carbonyl (C=O) groups excluding carboxylic acids is 1. The SMILES string of the molecule is CCOC(C)CNC(=O)c1cccs1. The van der Waals surface area contributed by atoms with Crippen LogP contribution in [0.25, 0.3) is 0 Å². The minimum atomic E-state index is -0.0217. The van der Waals surface area contributed by atoms with E-state index < -0.39 is 0 Å². The van der Waals surface area contributed by atoms with Gasteiger partial charge in [0.15, 0.2) is 0 Å². The minimum absolute atomic E-state index is 0.0217. The zero-order chi connectivity index (χ0) is 10.4. The highest BCUT2D eigenvalue weighted by molar-refractivity contribution is 7.12. The molecule has 14 heavy (non-hydrogen) atoms. The molecule has 3 nitrogen and oxygen atoms in total. The quantitative estimate of drug-likeness (QED) is 0.811. The van der Waals surface area contributed by atoms with Crippen molar-refractivity contribution in [2.75, 3.05) is 13.2 Å². The van der Waals surface area contributed by atoms with Crippen LogP contribution >= 0.6 is 11.3 Å². The van der Waals surface area contributed by atoms with Gasteiger partial charge in [0.2, 0.25) is 0 Å². The molecular formula is C10H15NO2S. The molecule has 0 saturated heterocycles. The number of hydrogen-bond donors (Lipinski definition) is 1.